The van der Waals surface area contributed by atoms with Crippen LogP contribution in [0.2, 0.25) is 0 Å². The molecule has 1 atom stereocenters. The summed E-state index contributed by atoms with van der Waals surface area (Å²) in [4.78, 5) is 24.9. The van der Waals surface area contributed by atoms with Crippen molar-refractivity contribution in [1.82, 2.24) is 4.90 Å². The minimum absolute atomic E-state index is 0.0474. The number of anilines is 1. The zero-order valence-electron chi connectivity index (χ0n) is 13.2. The summed E-state index contributed by atoms with van der Waals surface area (Å²) in [6.45, 7) is 8.38. The molecular weight excluding hydrogens is 270 g/mol. The van der Waals surface area contributed by atoms with Crippen LogP contribution in [0.1, 0.15) is 38.1 Å². The summed E-state index contributed by atoms with van der Waals surface area (Å²) in [5.41, 5.74) is 0.548. The van der Waals surface area contributed by atoms with Crippen molar-refractivity contribution in [1.29, 1.82) is 0 Å². The second kappa shape index (κ2) is 7.06. The Bertz CT molecular complexity index is 529. The third-order valence-electron chi connectivity index (χ3n) is 3.72. The maximum atomic E-state index is 12.6. The fraction of sp³-hybridized carbons (Fsp3) is 0.533. The number of para-hydroxylation sites is 1. The Kier molecular flexibility index (Phi) is 5.69. The number of amides is 1. The van der Waals surface area contributed by atoms with Crippen LogP contribution in [0, 0.1) is 16.0 Å². The third kappa shape index (κ3) is 3.71. The SMILES string of the molecule is CCNc1c(C(=O)N(C)C(C)C(C)C)cccc1[N+](=O)[O-]. The first-order valence-corrected chi connectivity index (χ1v) is 7.09. The molecule has 0 aliphatic carbocycles. The highest BCUT2D eigenvalue weighted by Gasteiger charge is 2.26. The number of rotatable bonds is 6. The van der Waals surface area contributed by atoms with Crippen molar-refractivity contribution in [3.05, 3.63) is 33.9 Å². The Morgan fingerprint density at radius 1 is 1.38 bits per heavy atom. The van der Waals surface area contributed by atoms with Crippen molar-refractivity contribution >= 4 is 17.3 Å². The van der Waals surface area contributed by atoms with E-state index in [2.05, 4.69) is 5.32 Å². The number of nitro groups is 1. The molecule has 0 aliphatic rings. The van der Waals surface area contributed by atoms with Crippen molar-refractivity contribution < 1.29 is 9.72 Å². The van der Waals surface area contributed by atoms with E-state index in [4.69, 9.17) is 0 Å². The van der Waals surface area contributed by atoms with Gasteiger partial charge in [-0.25, -0.2) is 0 Å². The molecule has 116 valence electrons. The molecule has 0 saturated heterocycles. The van der Waals surface area contributed by atoms with Crippen LogP contribution in [0.5, 0.6) is 0 Å². The van der Waals surface area contributed by atoms with E-state index in [9.17, 15) is 14.9 Å². The summed E-state index contributed by atoms with van der Waals surface area (Å²) in [6, 6.07) is 4.61. The van der Waals surface area contributed by atoms with Crippen LogP contribution in [-0.2, 0) is 0 Å². The van der Waals surface area contributed by atoms with Crippen LogP contribution < -0.4 is 5.32 Å². The van der Waals surface area contributed by atoms with E-state index in [0.29, 0.717) is 18.0 Å². The molecule has 1 rings (SSSR count). The van der Waals surface area contributed by atoms with E-state index in [1.54, 1.807) is 24.1 Å². The average Bonchev–Trinajstić information content (AvgIpc) is 2.45. The minimum atomic E-state index is -0.472. The first kappa shape index (κ1) is 16.9. The standard InChI is InChI=1S/C15H23N3O3/c1-6-16-14-12(8-7-9-13(14)18(20)21)15(19)17(5)11(4)10(2)3/h7-11,16H,6H2,1-5H3. The lowest BCUT2D eigenvalue weighted by Gasteiger charge is -2.28. The van der Waals surface area contributed by atoms with Crippen molar-refractivity contribution in [2.75, 3.05) is 18.9 Å². The molecule has 1 unspecified atom stereocenters. The van der Waals surface area contributed by atoms with Crippen molar-refractivity contribution in [2.45, 2.75) is 33.7 Å². The lowest BCUT2D eigenvalue weighted by Crippen LogP contribution is -2.38. The minimum Gasteiger partial charge on any atom is -0.379 e. The quantitative estimate of drug-likeness (QED) is 0.645. The molecule has 21 heavy (non-hydrogen) atoms. The molecule has 6 nitrogen and oxygen atoms in total. The van der Waals surface area contributed by atoms with Gasteiger partial charge in [0.25, 0.3) is 11.6 Å². The topological polar surface area (TPSA) is 75.5 Å². The first-order valence-electron chi connectivity index (χ1n) is 7.09. The zero-order chi connectivity index (χ0) is 16.2. The Morgan fingerprint density at radius 2 is 2.00 bits per heavy atom. The monoisotopic (exact) mass is 293 g/mol. The number of nitro benzene ring substituents is 1. The molecule has 0 fully saturated rings. The largest absolute Gasteiger partial charge is 0.379 e. The van der Waals surface area contributed by atoms with Gasteiger partial charge in [-0.05, 0) is 25.8 Å². The molecule has 1 aromatic rings. The Labute approximate surface area is 125 Å². The number of hydrogen-bond donors (Lipinski definition) is 1. The van der Waals surface area contributed by atoms with E-state index in [-0.39, 0.29) is 23.3 Å². The van der Waals surface area contributed by atoms with Gasteiger partial charge < -0.3 is 10.2 Å². The van der Waals surface area contributed by atoms with Gasteiger partial charge in [0.05, 0.1) is 10.5 Å². The zero-order valence-corrected chi connectivity index (χ0v) is 13.2. The van der Waals surface area contributed by atoms with E-state index in [0.717, 1.165) is 0 Å². The van der Waals surface area contributed by atoms with Crippen LogP contribution in [0.15, 0.2) is 18.2 Å². The predicted molar refractivity (Wildman–Crippen MR) is 83.7 cm³/mol. The normalized spacial score (nSPS) is 12.1. The van der Waals surface area contributed by atoms with E-state index < -0.39 is 4.92 Å². The molecular formula is C15H23N3O3. The van der Waals surface area contributed by atoms with Crippen LogP contribution in [0.25, 0.3) is 0 Å². The fourth-order valence-electron chi connectivity index (χ4n) is 2.06. The second-order valence-corrected chi connectivity index (χ2v) is 5.39. The first-order chi connectivity index (χ1) is 9.81. The molecule has 0 heterocycles. The van der Waals surface area contributed by atoms with Crippen LogP contribution >= 0.6 is 0 Å². The van der Waals surface area contributed by atoms with E-state index in [1.807, 2.05) is 27.7 Å². The summed E-state index contributed by atoms with van der Waals surface area (Å²) >= 11 is 0. The summed E-state index contributed by atoms with van der Waals surface area (Å²) in [5.74, 6) is 0.0936. The van der Waals surface area contributed by atoms with Crippen LogP contribution in [0.4, 0.5) is 11.4 Å². The molecule has 6 heteroatoms. The summed E-state index contributed by atoms with van der Waals surface area (Å²) in [7, 11) is 1.72. The van der Waals surface area contributed by atoms with Gasteiger partial charge in [-0.1, -0.05) is 19.9 Å². The summed E-state index contributed by atoms with van der Waals surface area (Å²) < 4.78 is 0. The van der Waals surface area contributed by atoms with Gasteiger partial charge in [0.1, 0.15) is 5.69 Å². The maximum Gasteiger partial charge on any atom is 0.293 e. The Hall–Kier alpha value is -2.11. The summed E-state index contributed by atoms with van der Waals surface area (Å²) in [5, 5.41) is 14.1. The van der Waals surface area contributed by atoms with Gasteiger partial charge in [0.15, 0.2) is 0 Å². The number of nitrogens with one attached hydrogen (secondary N) is 1. The Morgan fingerprint density at radius 3 is 2.48 bits per heavy atom. The Balaban J connectivity index is 3.26. The average molecular weight is 293 g/mol. The molecule has 0 spiro atoms. The van der Waals surface area contributed by atoms with Gasteiger partial charge in [-0.3, -0.25) is 14.9 Å². The number of hydrogen-bond acceptors (Lipinski definition) is 4. The second-order valence-electron chi connectivity index (χ2n) is 5.39. The number of carbonyl (C=O) groups is 1. The molecule has 1 amide bonds. The lowest BCUT2D eigenvalue weighted by atomic mass is 10.0. The summed E-state index contributed by atoms with van der Waals surface area (Å²) in [6.07, 6.45) is 0. The predicted octanol–water partition coefficient (Wildman–Crippen LogP) is 3.14. The number of benzene rings is 1. The van der Waals surface area contributed by atoms with Crippen LogP contribution in [-0.4, -0.2) is 35.4 Å². The lowest BCUT2D eigenvalue weighted by molar-refractivity contribution is -0.384. The molecule has 0 aliphatic heterocycles. The molecule has 0 radical (unpaired) electrons. The molecule has 0 aromatic heterocycles. The van der Waals surface area contributed by atoms with Crippen LogP contribution in [0.3, 0.4) is 0 Å². The molecule has 1 N–H and O–H groups in total. The smallest absolute Gasteiger partial charge is 0.293 e. The fourth-order valence-corrected chi connectivity index (χ4v) is 2.06. The number of carbonyl (C=O) groups excluding carboxylic acids is 1. The highest BCUT2D eigenvalue weighted by molar-refractivity contribution is 6.01. The van der Waals surface area contributed by atoms with Gasteiger partial charge in [0.2, 0.25) is 0 Å². The highest BCUT2D eigenvalue weighted by Crippen LogP contribution is 2.29. The van der Waals surface area contributed by atoms with E-state index >= 15 is 0 Å². The van der Waals surface area contributed by atoms with Crippen molar-refractivity contribution in [3.63, 3.8) is 0 Å². The molecule has 1 aromatic carbocycles. The van der Waals surface area contributed by atoms with Gasteiger partial charge in [0, 0.05) is 25.7 Å². The highest BCUT2D eigenvalue weighted by atomic mass is 16.6. The third-order valence-corrected chi connectivity index (χ3v) is 3.72. The molecule has 0 bridgehead atoms. The molecule has 0 saturated carbocycles. The van der Waals surface area contributed by atoms with E-state index in [1.165, 1.54) is 6.07 Å². The van der Waals surface area contributed by atoms with Gasteiger partial charge in [-0.2, -0.15) is 0 Å². The van der Waals surface area contributed by atoms with Gasteiger partial charge >= 0.3 is 0 Å². The van der Waals surface area contributed by atoms with Gasteiger partial charge in [-0.15, -0.1) is 0 Å². The van der Waals surface area contributed by atoms with Crippen molar-refractivity contribution in [2.24, 2.45) is 5.92 Å². The number of nitrogens with zero attached hydrogens (tertiary/aromatic N) is 2. The van der Waals surface area contributed by atoms with Crippen molar-refractivity contribution in [3.8, 4) is 0 Å². The maximum absolute atomic E-state index is 12.6.